The second-order valence-electron chi connectivity index (χ2n) is 7.77. The lowest BCUT2D eigenvalue weighted by Gasteiger charge is -2.07. The van der Waals surface area contributed by atoms with Gasteiger partial charge in [0.15, 0.2) is 0 Å². The van der Waals surface area contributed by atoms with E-state index >= 15 is 0 Å². The predicted octanol–water partition coefficient (Wildman–Crippen LogP) is 4.73. The molecule has 2 N–H and O–H groups in total. The number of nitrogens with zero attached hydrogens (tertiary/aromatic N) is 2. The summed E-state index contributed by atoms with van der Waals surface area (Å²) in [4.78, 5) is 39.8. The number of fused-ring (bicyclic) bond motifs is 3. The molecule has 0 saturated carbocycles. The number of aromatic nitrogens is 3. The maximum absolute atomic E-state index is 12.5. The highest BCUT2D eigenvalue weighted by atomic mass is 32.2. The average Bonchev–Trinajstić information content (AvgIpc) is 3.39. The largest absolute Gasteiger partial charge is 0.326 e. The van der Waals surface area contributed by atoms with Crippen LogP contribution in [0, 0.1) is 0 Å². The smallest absolute Gasteiger partial charge is 0.259 e. The Morgan fingerprint density at radius 2 is 2.06 bits per heavy atom. The number of benzene rings is 1. The van der Waals surface area contributed by atoms with Crippen LogP contribution in [-0.4, -0.2) is 20.9 Å². The zero-order chi connectivity index (χ0) is 21.9. The standard InChI is InChI=1S/C24H22N4O2S2/c29-21(26-16-6-8-17(9-7-16)31-14-15-3-2-12-25-13-15)11-10-20-27-23(30)22-18-4-1-5-19(18)32-24(22)28-20/h2-3,6-9,12-13H,1,4-5,10-11,14H2,(H,26,29)(H,27,28,30). The van der Waals surface area contributed by atoms with E-state index in [1.165, 1.54) is 16.0 Å². The van der Waals surface area contributed by atoms with Gasteiger partial charge >= 0.3 is 0 Å². The fraction of sp³-hybridized carbons (Fsp3) is 0.250. The third-order valence-electron chi connectivity index (χ3n) is 5.48. The Bertz CT molecular complexity index is 1310. The molecule has 6 nitrogen and oxygen atoms in total. The Hall–Kier alpha value is -2.97. The van der Waals surface area contributed by atoms with Crippen LogP contribution in [-0.2, 0) is 29.8 Å². The van der Waals surface area contributed by atoms with E-state index in [-0.39, 0.29) is 17.9 Å². The number of thioether (sulfide) groups is 1. The van der Waals surface area contributed by atoms with Gasteiger partial charge in [0.25, 0.3) is 5.56 Å². The minimum Gasteiger partial charge on any atom is -0.326 e. The quantitative estimate of drug-likeness (QED) is 0.388. The highest BCUT2D eigenvalue weighted by Crippen LogP contribution is 2.34. The van der Waals surface area contributed by atoms with Crippen LogP contribution in [0.15, 0.2) is 58.5 Å². The van der Waals surface area contributed by atoms with Crippen LogP contribution in [0.4, 0.5) is 5.69 Å². The summed E-state index contributed by atoms with van der Waals surface area (Å²) in [5.74, 6) is 1.32. The number of rotatable bonds is 7. The SMILES string of the molecule is O=C(CCc1nc2sc3c(c2c(=O)[nH]1)CCC3)Nc1ccc(SCc2cccnc2)cc1. The van der Waals surface area contributed by atoms with Crippen LogP contribution >= 0.6 is 23.1 Å². The van der Waals surface area contributed by atoms with E-state index in [0.717, 1.165) is 45.8 Å². The summed E-state index contributed by atoms with van der Waals surface area (Å²) in [6.45, 7) is 0. The molecule has 1 amide bonds. The van der Waals surface area contributed by atoms with Gasteiger partial charge in [0.2, 0.25) is 5.91 Å². The number of thiophene rings is 1. The first-order valence-electron chi connectivity index (χ1n) is 10.6. The molecular weight excluding hydrogens is 440 g/mol. The van der Waals surface area contributed by atoms with Crippen molar-refractivity contribution in [2.24, 2.45) is 0 Å². The number of carbonyl (C=O) groups excluding carboxylic acids is 1. The fourth-order valence-electron chi connectivity index (χ4n) is 3.91. The molecule has 0 aliphatic heterocycles. The molecule has 4 aromatic rings. The lowest BCUT2D eigenvalue weighted by atomic mass is 10.2. The Balaban J connectivity index is 1.16. The topological polar surface area (TPSA) is 87.7 Å². The van der Waals surface area contributed by atoms with Crippen molar-refractivity contribution in [3.8, 4) is 0 Å². The number of H-pyrrole nitrogens is 1. The van der Waals surface area contributed by atoms with Crippen LogP contribution in [0.5, 0.6) is 0 Å². The van der Waals surface area contributed by atoms with Gasteiger partial charge in [-0.15, -0.1) is 23.1 Å². The molecule has 3 heterocycles. The molecule has 0 bridgehead atoms. The molecule has 5 rings (SSSR count). The summed E-state index contributed by atoms with van der Waals surface area (Å²) in [6, 6.07) is 11.8. The van der Waals surface area contributed by atoms with Crippen molar-refractivity contribution in [2.75, 3.05) is 5.32 Å². The van der Waals surface area contributed by atoms with Gasteiger partial charge < -0.3 is 10.3 Å². The van der Waals surface area contributed by atoms with Crippen LogP contribution in [0.2, 0.25) is 0 Å². The number of amides is 1. The molecule has 0 fully saturated rings. The molecule has 1 aliphatic carbocycles. The van der Waals surface area contributed by atoms with Gasteiger partial charge in [-0.25, -0.2) is 4.98 Å². The monoisotopic (exact) mass is 462 g/mol. The van der Waals surface area contributed by atoms with Crippen LogP contribution in [0.3, 0.4) is 0 Å². The first-order valence-corrected chi connectivity index (χ1v) is 12.4. The Morgan fingerprint density at radius 3 is 2.88 bits per heavy atom. The highest BCUT2D eigenvalue weighted by molar-refractivity contribution is 7.98. The number of carbonyl (C=O) groups is 1. The summed E-state index contributed by atoms with van der Waals surface area (Å²) < 4.78 is 0. The number of aromatic amines is 1. The van der Waals surface area contributed by atoms with Crippen LogP contribution in [0.25, 0.3) is 10.2 Å². The predicted molar refractivity (Wildman–Crippen MR) is 129 cm³/mol. The molecule has 3 aromatic heterocycles. The van der Waals surface area contributed by atoms with E-state index in [2.05, 4.69) is 26.3 Å². The number of pyridine rings is 1. The maximum Gasteiger partial charge on any atom is 0.259 e. The molecule has 8 heteroatoms. The zero-order valence-corrected chi connectivity index (χ0v) is 19.0. The van der Waals surface area contributed by atoms with Gasteiger partial charge in [-0.05, 0) is 60.7 Å². The van der Waals surface area contributed by atoms with E-state index in [4.69, 9.17) is 0 Å². The molecule has 0 unspecified atom stereocenters. The molecule has 0 radical (unpaired) electrons. The summed E-state index contributed by atoms with van der Waals surface area (Å²) in [6.07, 6.45) is 7.41. The molecule has 0 atom stereocenters. The maximum atomic E-state index is 12.5. The van der Waals surface area contributed by atoms with Crippen LogP contribution < -0.4 is 10.9 Å². The van der Waals surface area contributed by atoms with Crippen molar-refractivity contribution in [3.63, 3.8) is 0 Å². The van der Waals surface area contributed by atoms with E-state index < -0.39 is 0 Å². The van der Waals surface area contributed by atoms with Gasteiger partial charge in [0, 0.05) is 46.4 Å². The zero-order valence-electron chi connectivity index (χ0n) is 17.4. The third kappa shape index (κ3) is 4.61. The molecular formula is C24H22N4O2S2. The van der Waals surface area contributed by atoms with Crippen molar-refractivity contribution >= 4 is 44.9 Å². The number of hydrogen-bond acceptors (Lipinski definition) is 6. The Morgan fingerprint density at radius 1 is 1.19 bits per heavy atom. The van der Waals surface area contributed by atoms with Gasteiger partial charge in [0.1, 0.15) is 10.7 Å². The van der Waals surface area contributed by atoms with E-state index in [0.29, 0.717) is 12.2 Å². The molecule has 0 spiro atoms. The normalized spacial score (nSPS) is 12.8. The van der Waals surface area contributed by atoms with Crippen LogP contribution in [0.1, 0.15) is 34.7 Å². The van der Waals surface area contributed by atoms with Crippen molar-refractivity contribution in [3.05, 3.63) is 81.0 Å². The van der Waals surface area contributed by atoms with E-state index in [1.807, 2.05) is 36.5 Å². The van der Waals surface area contributed by atoms with Gasteiger partial charge in [-0.3, -0.25) is 14.6 Å². The number of nitrogens with one attached hydrogen (secondary N) is 2. The number of hydrogen-bond donors (Lipinski definition) is 2. The van der Waals surface area contributed by atoms with E-state index in [9.17, 15) is 9.59 Å². The summed E-state index contributed by atoms with van der Waals surface area (Å²) >= 11 is 3.34. The number of anilines is 1. The first kappa shape index (κ1) is 20.9. The van der Waals surface area contributed by atoms with Crippen molar-refractivity contribution in [2.45, 2.75) is 42.8 Å². The third-order valence-corrected chi connectivity index (χ3v) is 7.75. The van der Waals surface area contributed by atoms with E-state index in [1.54, 1.807) is 29.3 Å². The molecule has 162 valence electrons. The van der Waals surface area contributed by atoms with Gasteiger partial charge in [-0.2, -0.15) is 0 Å². The molecule has 32 heavy (non-hydrogen) atoms. The lowest BCUT2D eigenvalue weighted by molar-refractivity contribution is -0.116. The van der Waals surface area contributed by atoms with Crippen molar-refractivity contribution in [1.29, 1.82) is 0 Å². The minimum atomic E-state index is -0.0998. The summed E-state index contributed by atoms with van der Waals surface area (Å²) in [7, 11) is 0. The fourth-order valence-corrected chi connectivity index (χ4v) is 6.02. The Kier molecular flexibility index (Phi) is 6.05. The molecule has 1 aliphatic rings. The van der Waals surface area contributed by atoms with Gasteiger partial charge in [-0.1, -0.05) is 6.07 Å². The second-order valence-corrected chi connectivity index (χ2v) is 9.90. The number of aryl methyl sites for hydroxylation is 3. The summed E-state index contributed by atoms with van der Waals surface area (Å²) in [5.41, 5.74) is 3.02. The van der Waals surface area contributed by atoms with Gasteiger partial charge in [0.05, 0.1) is 5.39 Å². The van der Waals surface area contributed by atoms with Crippen molar-refractivity contribution in [1.82, 2.24) is 15.0 Å². The minimum absolute atomic E-state index is 0.0795. The average molecular weight is 463 g/mol. The summed E-state index contributed by atoms with van der Waals surface area (Å²) in [5, 5.41) is 3.67. The Labute approximate surface area is 193 Å². The molecule has 1 aromatic carbocycles. The highest BCUT2D eigenvalue weighted by Gasteiger charge is 2.21. The van der Waals surface area contributed by atoms with Crippen molar-refractivity contribution < 1.29 is 4.79 Å². The lowest BCUT2D eigenvalue weighted by Crippen LogP contribution is -2.16. The second kappa shape index (κ2) is 9.26. The molecule has 0 saturated heterocycles. The first-order chi connectivity index (χ1) is 15.7.